The molecule has 1 fully saturated rings. The third-order valence-electron chi connectivity index (χ3n) is 4.43. The first-order valence-electron chi connectivity index (χ1n) is 7.36. The zero-order chi connectivity index (χ0) is 12.3. The quantitative estimate of drug-likeness (QED) is 0.665. The topological polar surface area (TPSA) is 0 Å². The molecule has 0 saturated heterocycles. The Hall–Kier alpha value is -0.157. The Labute approximate surface area is 122 Å². The van der Waals surface area contributed by atoms with E-state index < -0.39 is 23.2 Å². The predicted octanol–water partition coefficient (Wildman–Crippen LogP) is 5.24. The van der Waals surface area contributed by atoms with Crippen molar-refractivity contribution in [2.45, 2.75) is 45.3 Å². The van der Waals surface area contributed by atoms with E-state index in [9.17, 15) is 0 Å². The second-order valence-corrected chi connectivity index (χ2v) is 10.5. The van der Waals surface area contributed by atoms with Crippen LogP contribution in [0.2, 0.25) is 6.75 Å². The molecule has 0 aromatic carbocycles. The van der Waals surface area contributed by atoms with Crippen molar-refractivity contribution >= 4 is 0 Å². The van der Waals surface area contributed by atoms with E-state index >= 15 is 0 Å². The Morgan fingerprint density at radius 2 is 1.56 bits per heavy atom. The van der Waals surface area contributed by atoms with E-state index in [-0.39, 0.29) is 0 Å². The Balaban J connectivity index is 1.66. The fourth-order valence-electron chi connectivity index (χ4n) is 3.51. The molecule has 0 unspecified atom stereocenters. The number of allylic oxidation sites excluding steroid dienone is 8. The standard InChI is InChI=1S/C12H17.C5H5.Zr/c1-2-6-11(7-3-1)10-12-8-4-5-9-12;1-2-4-5-3-1;/h4-5,8-9,11H,1-3,6-7,10H2;1-5H;. The summed E-state index contributed by atoms with van der Waals surface area (Å²) in [4.78, 5) is 0. The Morgan fingerprint density at radius 3 is 2.22 bits per heavy atom. The molecule has 0 aromatic heterocycles. The van der Waals surface area contributed by atoms with E-state index in [1.165, 1.54) is 38.5 Å². The van der Waals surface area contributed by atoms with Crippen molar-refractivity contribution in [2.24, 2.45) is 5.92 Å². The van der Waals surface area contributed by atoms with Crippen LogP contribution in [-0.4, -0.2) is 0 Å². The molecule has 0 N–H and O–H groups in total. The van der Waals surface area contributed by atoms with Crippen LogP contribution in [0.3, 0.4) is 0 Å². The molecule has 1 heteroatoms. The van der Waals surface area contributed by atoms with Crippen LogP contribution in [-0.2, 0) is 23.2 Å². The summed E-state index contributed by atoms with van der Waals surface area (Å²) >= 11 is -0.449. The Kier molecular flexibility index (Phi) is 4.19. The summed E-state index contributed by atoms with van der Waals surface area (Å²) in [7, 11) is 0. The van der Waals surface area contributed by atoms with Crippen molar-refractivity contribution in [1.29, 1.82) is 0 Å². The zero-order valence-electron chi connectivity index (χ0n) is 11.0. The molecule has 0 nitrogen and oxygen atoms in total. The van der Waals surface area contributed by atoms with Gasteiger partial charge >= 0.3 is 123 Å². The Morgan fingerprint density at radius 1 is 0.889 bits per heavy atom. The van der Waals surface area contributed by atoms with Crippen LogP contribution in [0.25, 0.3) is 0 Å². The van der Waals surface area contributed by atoms with Gasteiger partial charge in [0.1, 0.15) is 0 Å². The Bertz CT molecular complexity index is 370. The average Bonchev–Trinajstić information content (AvgIpc) is 3.03. The van der Waals surface area contributed by atoms with Crippen LogP contribution in [0.1, 0.15) is 38.5 Å². The van der Waals surface area contributed by atoms with Crippen LogP contribution in [0, 0.1) is 5.92 Å². The van der Waals surface area contributed by atoms with E-state index in [4.69, 9.17) is 0 Å². The van der Waals surface area contributed by atoms with Crippen molar-refractivity contribution in [3.05, 3.63) is 48.6 Å². The summed E-state index contributed by atoms with van der Waals surface area (Å²) in [5.74, 6) is 1.00. The van der Waals surface area contributed by atoms with E-state index in [0.29, 0.717) is 3.12 Å². The predicted molar refractivity (Wildman–Crippen MR) is 74.2 cm³/mol. The van der Waals surface area contributed by atoms with Crippen molar-refractivity contribution in [3.63, 3.8) is 0 Å². The molecule has 0 bridgehead atoms. The molecule has 0 heterocycles. The monoisotopic (exact) mass is 316 g/mol. The third-order valence-corrected chi connectivity index (χ3v) is 8.84. The molecule has 0 atom stereocenters. The van der Waals surface area contributed by atoms with Crippen LogP contribution >= 0.6 is 0 Å². The van der Waals surface area contributed by atoms with Crippen molar-refractivity contribution in [3.8, 4) is 0 Å². The van der Waals surface area contributed by atoms with Gasteiger partial charge < -0.3 is 0 Å². The first-order chi connectivity index (χ1) is 8.86. The van der Waals surface area contributed by atoms with Gasteiger partial charge in [0.05, 0.1) is 0 Å². The van der Waals surface area contributed by atoms with Gasteiger partial charge in [-0.1, -0.05) is 0 Å². The average molecular weight is 318 g/mol. The molecule has 18 heavy (non-hydrogen) atoms. The molecular weight excluding hydrogens is 295 g/mol. The van der Waals surface area contributed by atoms with Crippen LogP contribution in [0.4, 0.5) is 0 Å². The summed E-state index contributed by atoms with van der Waals surface area (Å²) in [5, 5.41) is 0. The van der Waals surface area contributed by atoms with Gasteiger partial charge in [0.15, 0.2) is 0 Å². The second kappa shape index (κ2) is 5.87. The normalized spacial score (nSPS) is 26.2. The molecule has 94 valence electrons. The molecule has 0 amide bonds. The van der Waals surface area contributed by atoms with Gasteiger partial charge in [-0.25, -0.2) is 0 Å². The van der Waals surface area contributed by atoms with E-state index in [1.807, 2.05) is 0 Å². The number of hydrogen-bond acceptors (Lipinski definition) is 0. The first kappa shape index (κ1) is 12.9. The van der Waals surface area contributed by atoms with E-state index in [2.05, 4.69) is 48.6 Å². The molecule has 0 aromatic rings. The van der Waals surface area contributed by atoms with Crippen molar-refractivity contribution in [2.75, 3.05) is 0 Å². The molecule has 3 aliphatic rings. The summed E-state index contributed by atoms with van der Waals surface area (Å²) in [5.41, 5.74) is 0. The summed E-state index contributed by atoms with van der Waals surface area (Å²) in [6.07, 6.45) is 27.8. The van der Waals surface area contributed by atoms with Crippen molar-refractivity contribution in [1.82, 2.24) is 0 Å². The van der Waals surface area contributed by atoms with Gasteiger partial charge in [-0.15, -0.1) is 0 Å². The fraction of sp³-hybridized carbons (Fsp3) is 0.529. The van der Waals surface area contributed by atoms with E-state index in [0.717, 1.165) is 9.54 Å². The van der Waals surface area contributed by atoms with E-state index in [1.54, 1.807) is 0 Å². The van der Waals surface area contributed by atoms with Gasteiger partial charge in [0.25, 0.3) is 0 Å². The van der Waals surface area contributed by atoms with Gasteiger partial charge in [0, 0.05) is 0 Å². The van der Waals surface area contributed by atoms with Crippen LogP contribution in [0.5, 0.6) is 0 Å². The molecule has 0 radical (unpaired) electrons. The molecule has 1 saturated carbocycles. The minimum atomic E-state index is -0.449. The summed E-state index contributed by atoms with van der Waals surface area (Å²) < 4.78 is 1.35. The number of rotatable bonds is 4. The van der Waals surface area contributed by atoms with Gasteiger partial charge in [0.2, 0.25) is 0 Å². The van der Waals surface area contributed by atoms with Crippen LogP contribution < -0.4 is 0 Å². The second-order valence-electron chi connectivity index (χ2n) is 5.91. The SMILES string of the molecule is C1=C[CH]([Zr][C]2(CC3CCCCC3)C=CC=C2)C=C1. The summed E-state index contributed by atoms with van der Waals surface area (Å²) in [6.45, 7) is 0. The van der Waals surface area contributed by atoms with Gasteiger partial charge in [-0.3, -0.25) is 0 Å². The molecule has 0 spiro atoms. The first-order valence-corrected chi connectivity index (χ1v) is 10.0. The zero-order valence-corrected chi connectivity index (χ0v) is 13.5. The van der Waals surface area contributed by atoms with Gasteiger partial charge in [-0.05, 0) is 0 Å². The van der Waals surface area contributed by atoms with Crippen molar-refractivity contribution < 1.29 is 23.2 Å². The minimum absolute atomic E-state index is 0.449. The molecule has 3 rings (SSSR count). The number of hydrogen-bond donors (Lipinski definition) is 0. The molecule has 0 aliphatic heterocycles. The summed E-state index contributed by atoms with van der Waals surface area (Å²) in [6, 6.07) is 0. The fourth-order valence-corrected chi connectivity index (χ4v) is 8.00. The maximum absolute atomic E-state index is 2.54. The maximum atomic E-state index is 2.54. The third kappa shape index (κ3) is 3.05. The molecule has 3 aliphatic carbocycles. The van der Waals surface area contributed by atoms with Gasteiger partial charge in [-0.2, -0.15) is 0 Å². The van der Waals surface area contributed by atoms with Crippen LogP contribution in [0.15, 0.2) is 48.6 Å². The molecular formula is C17H22Zr.